The van der Waals surface area contributed by atoms with Crippen molar-refractivity contribution in [3.63, 3.8) is 0 Å². The van der Waals surface area contributed by atoms with Crippen molar-refractivity contribution in [3.8, 4) is 0 Å². The summed E-state index contributed by atoms with van der Waals surface area (Å²) in [6, 6.07) is 1.90. The van der Waals surface area contributed by atoms with Gasteiger partial charge in [-0.15, -0.1) is 24.0 Å². The minimum absolute atomic E-state index is 0. The van der Waals surface area contributed by atoms with Crippen molar-refractivity contribution in [3.05, 3.63) is 18.0 Å². The number of guanidine groups is 1. The van der Waals surface area contributed by atoms with Crippen LogP contribution in [0.2, 0.25) is 0 Å². The number of halogens is 1. The van der Waals surface area contributed by atoms with Gasteiger partial charge in [-0.05, 0) is 19.8 Å². The predicted octanol–water partition coefficient (Wildman–Crippen LogP) is 0.998. The zero-order valence-corrected chi connectivity index (χ0v) is 17.7. The fraction of sp³-hybridized carbons (Fsp3) is 0.706. The molecule has 0 atom stereocenters. The molecule has 3 heterocycles. The molecule has 2 aliphatic heterocycles. The highest BCUT2D eigenvalue weighted by Gasteiger charge is 2.21. The van der Waals surface area contributed by atoms with Crippen LogP contribution in [-0.4, -0.2) is 84.1 Å². The summed E-state index contributed by atoms with van der Waals surface area (Å²) < 4.78 is 4.89. The molecule has 1 N–H and O–H groups in total. The third-order valence-electron chi connectivity index (χ3n) is 4.71. The van der Waals surface area contributed by atoms with Crippen LogP contribution >= 0.6 is 24.0 Å². The van der Waals surface area contributed by atoms with Gasteiger partial charge >= 0.3 is 0 Å². The van der Waals surface area contributed by atoms with Crippen molar-refractivity contribution in [1.82, 2.24) is 25.2 Å². The molecule has 146 valence electrons. The van der Waals surface area contributed by atoms with E-state index in [1.54, 1.807) is 6.26 Å². The van der Waals surface area contributed by atoms with Gasteiger partial charge in [-0.2, -0.15) is 0 Å². The predicted molar refractivity (Wildman–Crippen MR) is 111 cm³/mol. The monoisotopic (exact) mass is 476 g/mol. The number of amides is 1. The highest BCUT2D eigenvalue weighted by molar-refractivity contribution is 14.0. The molecule has 2 aliphatic rings. The maximum atomic E-state index is 12.2. The minimum atomic E-state index is 0. The molecular weight excluding hydrogens is 447 g/mol. The van der Waals surface area contributed by atoms with Gasteiger partial charge in [0.15, 0.2) is 5.96 Å². The van der Waals surface area contributed by atoms with Gasteiger partial charge in [0.05, 0.1) is 5.69 Å². The lowest BCUT2D eigenvalue weighted by molar-refractivity contribution is -0.128. The second-order valence-corrected chi connectivity index (χ2v) is 6.51. The molecule has 1 aromatic rings. The van der Waals surface area contributed by atoms with Gasteiger partial charge in [0.2, 0.25) is 5.91 Å². The van der Waals surface area contributed by atoms with Gasteiger partial charge in [-0.3, -0.25) is 9.69 Å². The van der Waals surface area contributed by atoms with Crippen LogP contribution in [0.25, 0.3) is 0 Å². The molecule has 0 aromatic carbocycles. The van der Waals surface area contributed by atoms with E-state index in [9.17, 15) is 4.79 Å². The van der Waals surface area contributed by atoms with Crippen LogP contribution < -0.4 is 5.32 Å². The highest BCUT2D eigenvalue weighted by Crippen LogP contribution is 2.09. The zero-order valence-electron chi connectivity index (χ0n) is 15.4. The van der Waals surface area contributed by atoms with E-state index in [1.807, 2.05) is 11.0 Å². The van der Waals surface area contributed by atoms with Crippen molar-refractivity contribution in [2.45, 2.75) is 26.3 Å². The van der Waals surface area contributed by atoms with E-state index in [4.69, 9.17) is 4.52 Å². The normalized spacial score (nSPS) is 18.7. The number of rotatable bonds is 5. The number of hydrogen-bond donors (Lipinski definition) is 1. The lowest BCUT2D eigenvalue weighted by Gasteiger charge is -2.36. The minimum Gasteiger partial charge on any atom is -0.364 e. The summed E-state index contributed by atoms with van der Waals surface area (Å²) in [4.78, 5) is 23.3. The highest BCUT2D eigenvalue weighted by atomic mass is 127. The van der Waals surface area contributed by atoms with Gasteiger partial charge < -0.3 is 19.6 Å². The first-order chi connectivity index (χ1) is 12.3. The Balaban J connectivity index is 0.00000243. The van der Waals surface area contributed by atoms with E-state index in [0.29, 0.717) is 0 Å². The second kappa shape index (κ2) is 10.7. The van der Waals surface area contributed by atoms with E-state index < -0.39 is 0 Å². The van der Waals surface area contributed by atoms with Crippen molar-refractivity contribution in [1.29, 1.82) is 0 Å². The summed E-state index contributed by atoms with van der Waals surface area (Å²) in [5, 5.41) is 7.29. The summed E-state index contributed by atoms with van der Waals surface area (Å²) in [5.74, 6) is 0.980. The van der Waals surface area contributed by atoms with Crippen molar-refractivity contribution >= 4 is 35.8 Å². The fourth-order valence-corrected chi connectivity index (χ4v) is 3.30. The number of nitrogens with zero attached hydrogens (tertiary/aromatic N) is 5. The van der Waals surface area contributed by atoms with E-state index >= 15 is 0 Å². The third-order valence-corrected chi connectivity index (χ3v) is 4.71. The molecular formula is C17H29IN6O2. The molecule has 1 aromatic heterocycles. The van der Waals surface area contributed by atoms with E-state index in [2.05, 4.69) is 32.2 Å². The van der Waals surface area contributed by atoms with Crippen LogP contribution in [0, 0.1) is 0 Å². The third kappa shape index (κ3) is 5.83. The Morgan fingerprint density at radius 1 is 1.19 bits per heavy atom. The Hall–Kier alpha value is -1.36. The number of aliphatic imine (C=N–C) groups is 1. The van der Waals surface area contributed by atoms with Crippen LogP contribution in [0.4, 0.5) is 0 Å². The van der Waals surface area contributed by atoms with E-state index in [1.165, 1.54) is 0 Å². The number of likely N-dealkylation sites (tertiary alicyclic amines) is 1. The maximum Gasteiger partial charge on any atom is 0.244 e. The zero-order chi connectivity index (χ0) is 17.5. The lowest BCUT2D eigenvalue weighted by Crippen LogP contribution is -2.52. The Morgan fingerprint density at radius 3 is 2.54 bits per heavy atom. The summed E-state index contributed by atoms with van der Waals surface area (Å²) in [5.41, 5.74) is 0.963. The fourth-order valence-electron chi connectivity index (χ4n) is 3.30. The molecule has 0 bridgehead atoms. The van der Waals surface area contributed by atoms with Crippen molar-refractivity contribution in [2.75, 3.05) is 52.4 Å². The average molecular weight is 476 g/mol. The summed E-state index contributed by atoms with van der Waals surface area (Å²) >= 11 is 0. The number of piperazine rings is 1. The molecule has 0 saturated carbocycles. The summed E-state index contributed by atoms with van der Waals surface area (Å²) in [6.45, 7) is 9.33. The van der Waals surface area contributed by atoms with Crippen LogP contribution in [-0.2, 0) is 11.3 Å². The number of nitrogens with one attached hydrogen (secondary N) is 1. The number of aromatic nitrogens is 1. The molecule has 3 rings (SSSR count). The van der Waals surface area contributed by atoms with Crippen LogP contribution in [0.15, 0.2) is 21.8 Å². The van der Waals surface area contributed by atoms with Crippen LogP contribution in [0.1, 0.15) is 25.5 Å². The molecule has 1 amide bonds. The Morgan fingerprint density at radius 2 is 1.92 bits per heavy atom. The Labute approximate surface area is 172 Å². The molecule has 2 saturated heterocycles. The van der Waals surface area contributed by atoms with Gasteiger partial charge in [-0.1, -0.05) is 5.16 Å². The maximum absolute atomic E-state index is 12.2. The first kappa shape index (κ1) is 20.9. The quantitative estimate of drug-likeness (QED) is 0.388. The number of carbonyl (C=O) groups is 1. The van der Waals surface area contributed by atoms with Gasteiger partial charge in [0, 0.05) is 58.4 Å². The van der Waals surface area contributed by atoms with Crippen molar-refractivity contribution < 1.29 is 9.32 Å². The van der Waals surface area contributed by atoms with E-state index in [0.717, 1.165) is 76.9 Å². The summed E-state index contributed by atoms with van der Waals surface area (Å²) in [7, 11) is 0. The standard InChI is InChI=1S/C17H28N6O2.HI/c1-2-18-17(19-13-16(24)22-6-3-4-7-22)23-10-8-21(9-11-23)14-15-5-12-25-20-15;/h5,12H,2-4,6-11,13-14H2,1H3,(H,18,19);1H. The molecule has 2 fully saturated rings. The molecule has 0 spiro atoms. The smallest absolute Gasteiger partial charge is 0.244 e. The number of hydrogen-bond acceptors (Lipinski definition) is 5. The van der Waals surface area contributed by atoms with Crippen LogP contribution in [0.3, 0.4) is 0 Å². The number of carbonyl (C=O) groups excluding carboxylic acids is 1. The molecule has 0 aliphatic carbocycles. The van der Waals surface area contributed by atoms with Gasteiger partial charge in [0.1, 0.15) is 12.8 Å². The van der Waals surface area contributed by atoms with E-state index in [-0.39, 0.29) is 36.4 Å². The Kier molecular flexibility index (Phi) is 8.63. The Bertz CT molecular complexity index is 566. The molecule has 0 radical (unpaired) electrons. The first-order valence-corrected chi connectivity index (χ1v) is 9.19. The lowest BCUT2D eigenvalue weighted by atomic mass is 10.3. The summed E-state index contributed by atoms with van der Waals surface area (Å²) in [6.07, 6.45) is 3.84. The molecule has 26 heavy (non-hydrogen) atoms. The SMILES string of the molecule is CCNC(=NCC(=O)N1CCCC1)N1CCN(Cc2ccon2)CC1.I. The first-order valence-electron chi connectivity index (χ1n) is 9.19. The van der Waals surface area contributed by atoms with Gasteiger partial charge in [-0.25, -0.2) is 4.99 Å². The van der Waals surface area contributed by atoms with Crippen LogP contribution in [0.5, 0.6) is 0 Å². The average Bonchev–Trinajstić information content (AvgIpc) is 3.33. The second-order valence-electron chi connectivity index (χ2n) is 6.51. The van der Waals surface area contributed by atoms with Gasteiger partial charge in [0.25, 0.3) is 0 Å². The largest absolute Gasteiger partial charge is 0.364 e. The topological polar surface area (TPSA) is 77.2 Å². The van der Waals surface area contributed by atoms with Crippen molar-refractivity contribution in [2.24, 2.45) is 4.99 Å². The molecule has 9 heteroatoms. The molecule has 8 nitrogen and oxygen atoms in total. The molecule has 0 unspecified atom stereocenters.